The zero-order chi connectivity index (χ0) is 11.3. The molecule has 5 nitrogen and oxygen atoms in total. The normalized spacial score (nSPS) is 11.7. The lowest BCUT2D eigenvalue weighted by Crippen LogP contribution is -2.26. The van der Waals surface area contributed by atoms with Gasteiger partial charge < -0.3 is 14.6 Å². The number of hydrogen-bond donors (Lipinski definition) is 1. The highest BCUT2D eigenvalue weighted by Gasteiger charge is 2.14. The van der Waals surface area contributed by atoms with Crippen LogP contribution in [0.3, 0.4) is 0 Å². The number of rotatable bonds is 5. The van der Waals surface area contributed by atoms with Gasteiger partial charge in [-0.15, -0.1) is 0 Å². The van der Waals surface area contributed by atoms with Gasteiger partial charge in [0.1, 0.15) is 6.61 Å². The van der Waals surface area contributed by atoms with E-state index >= 15 is 0 Å². The van der Waals surface area contributed by atoms with Crippen LogP contribution in [0, 0.1) is 0 Å². The maximum atomic E-state index is 5.30. The summed E-state index contributed by atoms with van der Waals surface area (Å²) in [5, 5.41) is 6.89. The Morgan fingerprint density at radius 3 is 2.73 bits per heavy atom. The molecule has 5 heteroatoms. The summed E-state index contributed by atoms with van der Waals surface area (Å²) in [6.07, 6.45) is 0.991. The summed E-state index contributed by atoms with van der Waals surface area (Å²) in [5.74, 6) is 0.579. The van der Waals surface area contributed by atoms with Gasteiger partial charge in [0.2, 0.25) is 0 Å². The lowest BCUT2D eigenvalue weighted by Gasteiger charge is -2.17. The molecule has 0 aliphatic rings. The predicted octanol–water partition coefficient (Wildman–Crippen LogP) is 2.21. The van der Waals surface area contributed by atoms with Crippen molar-refractivity contribution in [3.63, 3.8) is 0 Å². The average molecular weight is 213 g/mol. The smallest absolute Gasteiger partial charge is 0.321 e. The van der Waals surface area contributed by atoms with Crippen molar-refractivity contribution in [2.45, 2.75) is 46.3 Å². The molecular weight excluding hydrogens is 194 g/mol. The molecule has 0 aliphatic heterocycles. The van der Waals surface area contributed by atoms with Gasteiger partial charge in [-0.2, -0.15) is 4.98 Å². The Balaban J connectivity index is 2.42. The Bertz CT molecular complexity index is 291. The molecule has 15 heavy (non-hydrogen) atoms. The van der Waals surface area contributed by atoms with Crippen molar-refractivity contribution >= 4 is 6.01 Å². The highest BCUT2D eigenvalue weighted by molar-refractivity contribution is 5.22. The van der Waals surface area contributed by atoms with Gasteiger partial charge in [-0.1, -0.05) is 12.1 Å². The average Bonchev–Trinajstić information content (AvgIpc) is 2.50. The van der Waals surface area contributed by atoms with Gasteiger partial charge in [-0.05, 0) is 27.2 Å². The summed E-state index contributed by atoms with van der Waals surface area (Å²) < 4.78 is 10.3. The van der Waals surface area contributed by atoms with Crippen molar-refractivity contribution in [1.82, 2.24) is 10.1 Å². The first kappa shape index (κ1) is 12.0. The third kappa shape index (κ3) is 4.78. The van der Waals surface area contributed by atoms with Crippen LogP contribution in [-0.4, -0.2) is 22.3 Å². The van der Waals surface area contributed by atoms with Gasteiger partial charge in [-0.3, -0.25) is 0 Å². The van der Waals surface area contributed by atoms with Crippen molar-refractivity contribution in [2.75, 3.05) is 11.9 Å². The van der Waals surface area contributed by atoms with Crippen LogP contribution < -0.4 is 5.32 Å². The molecule has 0 saturated heterocycles. The van der Waals surface area contributed by atoms with Gasteiger partial charge >= 0.3 is 6.01 Å². The summed E-state index contributed by atoms with van der Waals surface area (Å²) in [5.41, 5.74) is -0.0753. The molecule has 0 radical (unpaired) electrons. The first-order valence-corrected chi connectivity index (χ1v) is 5.20. The van der Waals surface area contributed by atoms with E-state index in [0.717, 1.165) is 13.0 Å². The summed E-state index contributed by atoms with van der Waals surface area (Å²) in [6, 6.07) is 0.442. The van der Waals surface area contributed by atoms with Crippen molar-refractivity contribution < 1.29 is 9.26 Å². The van der Waals surface area contributed by atoms with Gasteiger partial charge in [0.05, 0.1) is 0 Å². The van der Waals surface area contributed by atoms with Crippen molar-refractivity contribution in [2.24, 2.45) is 0 Å². The molecule has 1 N–H and O–H groups in total. The molecule has 1 rings (SSSR count). The maximum Gasteiger partial charge on any atom is 0.321 e. The molecular formula is C10H19N3O2. The Labute approximate surface area is 90.2 Å². The van der Waals surface area contributed by atoms with Gasteiger partial charge in [0.15, 0.2) is 5.82 Å². The summed E-state index contributed by atoms with van der Waals surface area (Å²) in [7, 11) is 0. The SMILES string of the molecule is CCCOCc1noc(NC(C)(C)C)n1. The fourth-order valence-corrected chi connectivity index (χ4v) is 0.992. The second-order valence-corrected chi connectivity index (χ2v) is 4.44. The largest absolute Gasteiger partial charge is 0.373 e. The van der Waals surface area contributed by atoms with Crippen LogP contribution in [0.25, 0.3) is 0 Å². The topological polar surface area (TPSA) is 60.2 Å². The number of nitrogens with one attached hydrogen (secondary N) is 1. The molecule has 1 aromatic heterocycles. The Kier molecular flexibility index (Phi) is 4.08. The van der Waals surface area contributed by atoms with Gasteiger partial charge in [0.25, 0.3) is 0 Å². The summed E-state index contributed by atoms with van der Waals surface area (Å²) in [4.78, 5) is 4.15. The van der Waals surface area contributed by atoms with E-state index in [-0.39, 0.29) is 5.54 Å². The van der Waals surface area contributed by atoms with Crippen molar-refractivity contribution in [3.8, 4) is 0 Å². The van der Waals surface area contributed by atoms with Crippen molar-refractivity contribution in [3.05, 3.63) is 5.82 Å². The van der Waals surface area contributed by atoms with Crippen molar-refractivity contribution in [1.29, 1.82) is 0 Å². The number of nitrogens with zero attached hydrogens (tertiary/aromatic N) is 2. The van der Waals surface area contributed by atoms with E-state index in [1.807, 2.05) is 20.8 Å². The second-order valence-electron chi connectivity index (χ2n) is 4.44. The molecule has 1 aromatic rings. The van der Waals surface area contributed by atoms with Crippen LogP contribution in [0.5, 0.6) is 0 Å². The lowest BCUT2D eigenvalue weighted by atomic mass is 10.1. The molecule has 86 valence electrons. The zero-order valence-electron chi connectivity index (χ0n) is 9.83. The monoisotopic (exact) mass is 213 g/mol. The van der Waals surface area contributed by atoms with E-state index in [9.17, 15) is 0 Å². The minimum Gasteiger partial charge on any atom is -0.373 e. The third-order valence-electron chi connectivity index (χ3n) is 1.53. The van der Waals surface area contributed by atoms with Gasteiger partial charge in [-0.25, -0.2) is 0 Å². The second kappa shape index (κ2) is 5.11. The molecule has 0 bridgehead atoms. The van der Waals surface area contributed by atoms with E-state index in [0.29, 0.717) is 18.4 Å². The molecule has 0 saturated carbocycles. The quantitative estimate of drug-likeness (QED) is 0.760. The van der Waals surface area contributed by atoms with Crippen LogP contribution in [0.4, 0.5) is 6.01 Å². The molecule has 0 aliphatic carbocycles. The third-order valence-corrected chi connectivity index (χ3v) is 1.53. The fourth-order valence-electron chi connectivity index (χ4n) is 0.992. The molecule has 0 amide bonds. The van der Waals surface area contributed by atoms with Crippen LogP contribution in [-0.2, 0) is 11.3 Å². The Morgan fingerprint density at radius 2 is 2.13 bits per heavy atom. The van der Waals surface area contributed by atoms with E-state index in [2.05, 4.69) is 22.4 Å². The van der Waals surface area contributed by atoms with Crippen LogP contribution in [0.1, 0.15) is 39.9 Å². The zero-order valence-corrected chi connectivity index (χ0v) is 9.83. The lowest BCUT2D eigenvalue weighted by molar-refractivity contribution is 0.114. The van der Waals surface area contributed by atoms with Crippen LogP contribution in [0.15, 0.2) is 4.52 Å². The molecule has 0 unspecified atom stereocenters. The minimum absolute atomic E-state index is 0.0753. The highest BCUT2D eigenvalue weighted by atomic mass is 16.5. The summed E-state index contributed by atoms with van der Waals surface area (Å²) >= 11 is 0. The van der Waals surface area contributed by atoms with Crippen LogP contribution in [0.2, 0.25) is 0 Å². The molecule has 0 aromatic carbocycles. The van der Waals surface area contributed by atoms with E-state index in [1.165, 1.54) is 0 Å². The number of anilines is 1. The standard InChI is InChI=1S/C10H19N3O2/c1-5-6-14-7-8-11-9(15-13-8)12-10(2,3)4/h5-7H2,1-4H3,(H,11,12,13). The van der Waals surface area contributed by atoms with Crippen LogP contribution >= 0.6 is 0 Å². The van der Waals surface area contributed by atoms with E-state index in [1.54, 1.807) is 0 Å². The first-order valence-electron chi connectivity index (χ1n) is 5.20. The molecule has 1 heterocycles. The fraction of sp³-hybridized carbons (Fsp3) is 0.800. The summed E-state index contributed by atoms with van der Waals surface area (Å²) in [6.45, 7) is 9.28. The molecule has 0 fully saturated rings. The number of hydrogen-bond acceptors (Lipinski definition) is 5. The van der Waals surface area contributed by atoms with E-state index < -0.39 is 0 Å². The first-order chi connectivity index (χ1) is 7.01. The Hall–Kier alpha value is -1.10. The predicted molar refractivity (Wildman–Crippen MR) is 57.6 cm³/mol. The maximum absolute atomic E-state index is 5.30. The van der Waals surface area contributed by atoms with E-state index in [4.69, 9.17) is 9.26 Å². The van der Waals surface area contributed by atoms with Gasteiger partial charge in [0, 0.05) is 12.1 Å². The Morgan fingerprint density at radius 1 is 1.40 bits per heavy atom. The number of ether oxygens (including phenoxy) is 1. The number of aromatic nitrogens is 2. The highest BCUT2D eigenvalue weighted by Crippen LogP contribution is 2.11. The molecule has 0 spiro atoms. The minimum atomic E-state index is -0.0753. The molecule has 0 atom stereocenters.